The van der Waals surface area contributed by atoms with E-state index in [2.05, 4.69) is 33.2 Å². The minimum absolute atomic E-state index is 0.684. The smallest absolute Gasteiger partial charge is 0.224 e. The van der Waals surface area contributed by atoms with Crippen molar-refractivity contribution >= 4 is 34.7 Å². The van der Waals surface area contributed by atoms with E-state index in [1.165, 1.54) is 4.88 Å². The molecule has 2 aromatic rings. The molecular formula is C14H19ClN4S. The lowest BCUT2D eigenvalue weighted by Gasteiger charge is -2.20. The van der Waals surface area contributed by atoms with Crippen molar-refractivity contribution in [1.29, 1.82) is 0 Å². The Kier molecular flexibility index (Phi) is 5.20. The second-order valence-electron chi connectivity index (χ2n) is 4.69. The molecule has 6 heteroatoms. The second-order valence-corrected chi connectivity index (χ2v) is 6.49. The average Bonchev–Trinajstić information content (AvgIpc) is 2.83. The number of aromatic nitrogens is 2. The van der Waals surface area contributed by atoms with Gasteiger partial charge in [0.15, 0.2) is 0 Å². The molecule has 108 valence electrons. The van der Waals surface area contributed by atoms with Crippen LogP contribution in [0.3, 0.4) is 0 Å². The Bertz CT molecular complexity index is 570. The summed E-state index contributed by atoms with van der Waals surface area (Å²) in [6, 6.07) is 3.98. The Balaban J connectivity index is 2.13. The van der Waals surface area contributed by atoms with Gasteiger partial charge in [0, 0.05) is 30.2 Å². The van der Waals surface area contributed by atoms with Gasteiger partial charge in [0.25, 0.3) is 0 Å². The minimum atomic E-state index is 0.684. The molecule has 0 saturated carbocycles. The number of hydrogen-bond acceptors (Lipinski definition) is 5. The zero-order chi connectivity index (χ0) is 14.5. The summed E-state index contributed by atoms with van der Waals surface area (Å²) in [4.78, 5) is 12.2. The molecule has 0 aliphatic carbocycles. The molecule has 0 atom stereocenters. The van der Waals surface area contributed by atoms with E-state index in [9.17, 15) is 0 Å². The van der Waals surface area contributed by atoms with Crippen molar-refractivity contribution in [1.82, 2.24) is 9.97 Å². The van der Waals surface area contributed by atoms with Crippen molar-refractivity contribution < 1.29 is 0 Å². The van der Waals surface area contributed by atoms with Crippen LogP contribution in [0.1, 0.15) is 23.8 Å². The van der Waals surface area contributed by atoms with Gasteiger partial charge in [0.1, 0.15) is 5.82 Å². The van der Waals surface area contributed by atoms with Crippen LogP contribution >= 0.6 is 22.9 Å². The summed E-state index contributed by atoms with van der Waals surface area (Å²) in [6.45, 7) is 5.82. The number of nitrogens with one attached hydrogen (secondary N) is 1. The van der Waals surface area contributed by atoms with Crippen LogP contribution in [0.25, 0.3) is 0 Å². The highest BCUT2D eigenvalue weighted by molar-refractivity contribution is 7.16. The largest absolute Gasteiger partial charge is 0.354 e. The molecule has 0 fully saturated rings. The first-order valence-electron chi connectivity index (χ1n) is 6.63. The summed E-state index contributed by atoms with van der Waals surface area (Å²) in [6.07, 6.45) is 2.91. The maximum atomic E-state index is 5.97. The normalized spacial score (nSPS) is 10.6. The first-order valence-corrected chi connectivity index (χ1v) is 7.82. The van der Waals surface area contributed by atoms with Gasteiger partial charge >= 0.3 is 0 Å². The Labute approximate surface area is 128 Å². The van der Waals surface area contributed by atoms with Gasteiger partial charge in [-0.1, -0.05) is 18.5 Å². The number of hydrogen-bond donors (Lipinski definition) is 1. The third-order valence-corrected chi connectivity index (χ3v) is 4.08. The molecule has 0 radical (unpaired) electrons. The van der Waals surface area contributed by atoms with Gasteiger partial charge < -0.3 is 10.2 Å². The van der Waals surface area contributed by atoms with Crippen molar-refractivity contribution in [2.75, 3.05) is 23.8 Å². The molecule has 1 N–H and O–H groups in total. The lowest BCUT2D eigenvalue weighted by molar-refractivity contribution is 0.886. The molecule has 0 aromatic carbocycles. The minimum Gasteiger partial charge on any atom is -0.354 e. The molecule has 0 bridgehead atoms. The zero-order valence-corrected chi connectivity index (χ0v) is 13.6. The van der Waals surface area contributed by atoms with Crippen LogP contribution < -0.4 is 10.2 Å². The number of thiophene rings is 1. The molecule has 0 aliphatic heterocycles. The van der Waals surface area contributed by atoms with E-state index in [-0.39, 0.29) is 0 Å². The molecule has 0 unspecified atom stereocenters. The Hall–Kier alpha value is -1.33. The van der Waals surface area contributed by atoms with E-state index in [1.807, 2.05) is 26.2 Å². The molecule has 2 heterocycles. The Morgan fingerprint density at radius 1 is 1.40 bits per heavy atom. The summed E-state index contributed by atoms with van der Waals surface area (Å²) in [5.41, 5.74) is 1.07. The number of aryl methyl sites for hydroxylation is 1. The number of rotatable bonds is 6. The summed E-state index contributed by atoms with van der Waals surface area (Å²) < 4.78 is 0.818. The van der Waals surface area contributed by atoms with Crippen LogP contribution in [0.2, 0.25) is 4.34 Å². The topological polar surface area (TPSA) is 41.1 Å². The lowest BCUT2D eigenvalue weighted by Crippen LogP contribution is -2.19. The van der Waals surface area contributed by atoms with Gasteiger partial charge in [-0.3, -0.25) is 0 Å². The van der Waals surface area contributed by atoms with E-state index >= 15 is 0 Å². The van der Waals surface area contributed by atoms with Crippen LogP contribution in [0.4, 0.5) is 11.8 Å². The van der Waals surface area contributed by atoms with Crippen LogP contribution in [-0.2, 0) is 6.54 Å². The van der Waals surface area contributed by atoms with Gasteiger partial charge in [-0.15, -0.1) is 11.3 Å². The highest BCUT2D eigenvalue weighted by Crippen LogP contribution is 2.25. The predicted molar refractivity (Wildman–Crippen MR) is 87.0 cm³/mol. The first-order chi connectivity index (χ1) is 9.60. The van der Waals surface area contributed by atoms with Gasteiger partial charge in [-0.2, -0.15) is 4.98 Å². The first kappa shape index (κ1) is 15.1. The van der Waals surface area contributed by atoms with Crippen molar-refractivity contribution in [3.05, 3.63) is 33.1 Å². The SMILES string of the molecule is CCCNc1ncc(C)c(N(C)Cc2ccc(Cl)s2)n1. The van der Waals surface area contributed by atoms with E-state index in [0.29, 0.717) is 5.95 Å². The van der Waals surface area contributed by atoms with Crippen LogP contribution in [0.5, 0.6) is 0 Å². The Morgan fingerprint density at radius 3 is 2.85 bits per heavy atom. The highest BCUT2D eigenvalue weighted by atomic mass is 35.5. The number of nitrogens with zero attached hydrogens (tertiary/aromatic N) is 3. The predicted octanol–water partition coefficient (Wildman–Crippen LogP) is 3.96. The zero-order valence-electron chi connectivity index (χ0n) is 12.0. The van der Waals surface area contributed by atoms with Crippen LogP contribution in [0.15, 0.2) is 18.3 Å². The maximum Gasteiger partial charge on any atom is 0.224 e. The fraction of sp³-hybridized carbons (Fsp3) is 0.429. The van der Waals surface area contributed by atoms with Crippen LogP contribution in [0, 0.1) is 6.92 Å². The molecule has 0 spiro atoms. The van der Waals surface area contributed by atoms with E-state index < -0.39 is 0 Å². The standard InChI is InChI=1S/C14H19ClN4S/c1-4-7-16-14-17-8-10(2)13(18-14)19(3)9-11-5-6-12(15)20-11/h5-6,8H,4,7,9H2,1-3H3,(H,16,17,18). The van der Waals surface area contributed by atoms with Gasteiger partial charge in [0.2, 0.25) is 5.95 Å². The molecule has 0 saturated heterocycles. The van der Waals surface area contributed by atoms with Gasteiger partial charge in [-0.25, -0.2) is 4.98 Å². The summed E-state index contributed by atoms with van der Waals surface area (Å²) >= 11 is 7.57. The Morgan fingerprint density at radius 2 is 2.20 bits per heavy atom. The summed E-state index contributed by atoms with van der Waals surface area (Å²) in [5, 5.41) is 3.22. The maximum absolute atomic E-state index is 5.97. The molecule has 2 aromatic heterocycles. The summed E-state index contributed by atoms with van der Waals surface area (Å²) in [5.74, 6) is 1.63. The molecule has 20 heavy (non-hydrogen) atoms. The highest BCUT2D eigenvalue weighted by Gasteiger charge is 2.10. The van der Waals surface area contributed by atoms with Crippen molar-refractivity contribution in [3.8, 4) is 0 Å². The quantitative estimate of drug-likeness (QED) is 0.877. The van der Waals surface area contributed by atoms with Crippen molar-refractivity contribution in [3.63, 3.8) is 0 Å². The average molecular weight is 311 g/mol. The van der Waals surface area contributed by atoms with E-state index in [0.717, 1.165) is 35.2 Å². The third kappa shape index (κ3) is 3.84. The van der Waals surface area contributed by atoms with E-state index in [4.69, 9.17) is 11.6 Å². The fourth-order valence-corrected chi connectivity index (χ4v) is 3.03. The van der Waals surface area contributed by atoms with Crippen molar-refractivity contribution in [2.45, 2.75) is 26.8 Å². The molecule has 2 rings (SSSR count). The monoisotopic (exact) mass is 310 g/mol. The van der Waals surface area contributed by atoms with Gasteiger partial charge in [-0.05, 0) is 25.5 Å². The van der Waals surface area contributed by atoms with Crippen molar-refractivity contribution in [2.24, 2.45) is 0 Å². The second kappa shape index (κ2) is 6.90. The molecular weight excluding hydrogens is 292 g/mol. The lowest BCUT2D eigenvalue weighted by atomic mass is 10.3. The number of halogens is 1. The van der Waals surface area contributed by atoms with Gasteiger partial charge in [0.05, 0.1) is 10.9 Å². The third-order valence-electron chi connectivity index (χ3n) is 2.86. The fourth-order valence-electron chi connectivity index (χ4n) is 1.89. The molecule has 4 nitrogen and oxygen atoms in total. The number of anilines is 2. The molecule has 0 amide bonds. The van der Waals surface area contributed by atoms with Crippen LogP contribution in [-0.4, -0.2) is 23.6 Å². The van der Waals surface area contributed by atoms with E-state index in [1.54, 1.807) is 11.3 Å². The molecule has 0 aliphatic rings. The summed E-state index contributed by atoms with van der Waals surface area (Å²) in [7, 11) is 2.03.